The zero-order valence-electron chi connectivity index (χ0n) is 13.3. The van der Waals surface area contributed by atoms with Gasteiger partial charge in [0.15, 0.2) is 0 Å². The molecule has 0 amide bonds. The molecule has 19 heavy (non-hydrogen) atoms. The third kappa shape index (κ3) is 6.08. The molecule has 3 heteroatoms. The van der Waals surface area contributed by atoms with Gasteiger partial charge in [-0.1, -0.05) is 26.0 Å². The summed E-state index contributed by atoms with van der Waals surface area (Å²) in [5.41, 5.74) is 2.88. The van der Waals surface area contributed by atoms with E-state index >= 15 is 0 Å². The molecule has 108 valence electrons. The Morgan fingerprint density at radius 3 is 2.05 bits per heavy atom. The molecule has 1 rings (SSSR count). The third-order valence-electron chi connectivity index (χ3n) is 3.13. The summed E-state index contributed by atoms with van der Waals surface area (Å²) in [6, 6.07) is 8.73. The van der Waals surface area contributed by atoms with Crippen LogP contribution in [0, 0.1) is 5.41 Å². The van der Waals surface area contributed by atoms with E-state index in [0.717, 1.165) is 19.6 Å². The number of nitrogens with one attached hydrogen (secondary N) is 1. The van der Waals surface area contributed by atoms with E-state index in [4.69, 9.17) is 0 Å². The fourth-order valence-electron chi connectivity index (χ4n) is 2.37. The summed E-state index contributed by atoms with van der Waals surface area (Å²) >= 11 is 0. The van der Waals surface area contributed by atoms with Crippen molar-refractivity contribution in [3.8, 4) is 0 Å². The lowest BCUT2D eigenvalue weighted by Crippen LogP contribution is -2.37. The lowest BCUT2D eigenvalue weighted by Gasteiger charge is -2.28. The van der Waals surface area contributed by atoms with Gasteiger partial charge in [0.05, 0.1) is 0 Å². The monoisotopic (exact) mass is 263 g/mol. The van der Waals surface area contributed by atoms with Crippen LogP contribution in [0.1, 0.15) is 19.4 Å². The average molecular weight is 263 g/mol. The number of nitrogens with zero attached hydrogens (tertiary/aromatic N) is 2. The molecule has 0 fully saturated rings. The van der Waals surface area contributed by atoms with E-state index in [1.54, 1.807) is 0 Å². The Hall–Kier alpha value is -1.06. The van der Waals surface area contributed by atoms with E-state index in [1.165, 1.54) is 11.3 Å². The fourth-order valence-corrected chi connectivity index (χ4v) is 2.37. The summed E-state index contributed by atoms with van der Waals surface area (Å²) in [5, 5.41) is 3.56. The molecule has 0 aromatic heterocycles. The summed E-state index contributed by atoms with van der Waals surface area (Å²) < 4.78 is 0. The van der Waals surface area contributed by atoms with Gasteiger partial charge in [0.1, 0.15) is 0 Å². The maximum absolute atomic E-state index is 3.56. The Kier molecular flexibility index (Phi) is 5.83. The molecule has 1 aromatic carbocycles. The summed E-state index contributed by atoms with van der Waals surface area (Å²) in [4.78, 5) is 4.37. The molecule has 0 bridgehead atoms. The highest BCUT2D eigenvalue weighted by molar-refractivity contribution is 5.45. The molecule has 1 N–H and O–H groups in total. The molecule has 0 aliphatic heterocycles. The second-order valence-corrected chi connectivity index (χ2v) is 6.57. The van der Waals surface area contributed by atoms with Crippen LogP contribution in [-0.2, 0) is 6.54 Å². The smallest absolute Gasteiger partial charge is 0.0361 e. The Labute approximate surface area is 118 Å². The van der Waals surface area contributed by atoms with E-state index < -0.39 is 0 Å². The van der Waals surface area contributed by atoms with E-state index in [0.29, 0.717) is 5.41 Å². The Balaban J connectivity index is 2.40. The number of rotatable bonds is 7. The second kappa shape index (κ2) is 6.92. The predicted molar refractivity (Wildman–Crippen MR) is 84.8 cm³/mol. The average Bonchev–Trinajstić information content (AvgIpc) is 2.27. The Bertz CT molecular complexity index is 366. The van der Waals surface area contributed by atoms with Crippen LogP contribution in [0.2, 0.25) is 0 Å². The van der Waals surface area contributed by atoms with Crippen LogP contribution in [0.15, 0.2) is 24.3 Å². The van der Waals surface area contributed by atoms with E-state index in [9.17, 15) is 0 Å². The highest BCUT2D eigenvalue weighted by atomic mass is 15.1. The molecule has 0 radical (unpaired) electrons. The van der Waals surface area contributed by atoms with Crippen LogP contribution in [0.3, 0.4) is 0 Å². The maximum Gasteiger partial charge on any atom is 0.0361 e. The SMILES string of the molecule is CN(C)CC(C)(C)CNCc1ccc(N(C)C)cc1. The highest BCUT2D eigenvalue weighted by Crippen LogP contribution is 2.15. The summed E-state index contributed by atoms with van der Waals surface area (Å²) in [5.74, 6) is 0. The lowest BCUT2D eigenvalue weighted by molar-refractivity contribution is 0.232. The highest BCUT2D eigenvalue weighted by Gasteiger charge is 2.17. The van der Waals surface area contributed by atoms with Crippen molar-refractivity contribution in [3.63, 3.8) is 0 Å². The minimum Gasteiger partial charge on any atom is -0.378 e. The molecular weight excluding hydrogens is 234 g/mol. The third-order valence-corrected chi connectivity index (χ3v) is 3.13. The number of hydrogen-bond donors (Lipinski definition) is 1. The van der Waals surface area contributed by atoms with Crippen LogP contribution in [0.5, 0.6) is 0 Å². The molecule has 0 aliphatic carbocycles. The van der Waals surface area contributed by atoms with Crippen LogP contribution in [-0.4, -0.2) is 46.2 Å². The molecule has 0 saturated carbocycles. The molecule has 0 unspecified atom stereocenters. The van der Waals surface area contributed by atoms with Gasteiger partial charge in [0.2, 0.25) is 0 Å². The van der Waals surface area contributed by atoms with Gasteiger partial charge in [0.25, 0.3) is 0 Å². The maximum atomic E-state index is 3.56. The van der Waals surface area contributed by atoms with Gasteiger partial charge in [-0.15, -0.1) is 0 Å². The van der Waals surface area contributed by atoms with E-state index in [2.05, 4.69) is 81.4 Å². The minimum absolute atomic E-state index is 0.299. The summed E-state index contributed by atoms with van der Waals surface area (Å²) in [7, 11) is 8.39. The van der Waals surface area contributed by atoms with Gasteiger partial charge in [0, 0.05) is 39.4 Å². The minimum atomic E-state index is 0.299. The Morgan fingerprint density at radius 1 is 1.00 bits per heavy atom. The van der Waals surface area contributed by atoms with Gasteiger partial charge in [-0.25, -0.2) is 0 Å². The van der Waals surface area contributed by atoms with Gasteiger partial charge in [-0.2, -0.15) is 0 Å². The van der Waals surface area contributed by atoms with Crippen molar-refractivity contribution in [3.05, 3.63) is 29.8 Å². The van der Waals surface area contributed by atoms with Crippen molar-refractivity contribution >= 4 is 5.69 Å². The van der Waals surface area contributed by atoms with E-state index in [1.807, 2.05) is 0 Å². The number of hydrogen-bond acceptors (Lipinski definition) is 3. The predicted octanol–water partition coefficient (Wildman–Crippen LogP) is 2.43. The second-order valence-electron chi connectivity index (χ2n) is 6.57. The molecule has 0 heterocycles. The first-order valence-electron chi connectivity index (χ1n) is 6.92. The molecule has 0 saturated heterocycles. The van der Waals surface area contributed by atoms with Crippen molar-refractivity contribution in [2.24, 2.45) is 5.41 Å². The lowest BCUT2D eigenvalue weighted by atomic mass is 9.93. The number of anilines is 1. The topological polar surface area (TPSA) is 18.5 Å². The zero-order valence-corrected chi connectivity index (χ0v) is 13.3. The van der Waals surface area contributed by atoms with Gasteiger partial charge >= 0.3 is 0 Å². The van der Waals surface area contributed by atoms with Crippen LogP contribution >= 0.6 is 0 Å². The van der Waals surface area contributed by atoms with Crippen molar-refractivity contribution in [2.45, 2.75) is 20.4 Å². The largest absolute Gasteiger partial charge is 0.378 e. The van der Waals surface area contributed by atoms with Gasteiger partial charge < -0.3 is 15.1 Å². The van der Waals surface area contributed by atoms with Crippen LogP contribution < -0.4 is 10.2 Å². The first-order valence-corrected chi connectivity index (χ1v) is 6.92. The van der Waals surface area contributed by atoms with Crippen molar-refractivity contribution < 1.29 is 0 Å². The molecule has 0 atom stereocenters. The summed E-state index contributed by atoms with van der Waals surface area (Å²) in [6.45, 7) is 7.66. The first-order chi connectivity index (χ1) is 8.80. The molecular formula is C16H29N3. The molecule has 1 aromatic rings. The van der Waals surface area contributed by atoms with Crippen molar-refractivity contribution in [2.75, 3.05) is 46.2 Å². The first kappa shape index (κ1) is 16.0. The van der Waals surface area contributed by atoms with Crippen LogP contribution in [0.4, 0.5) is 5.69 Å². The van der Waals surface area contributed by atoms with Crippen LogP contribution in [0.25, 0.3) is 0 Å². The molecule has 0 spiro atoms. The molecule has 3 nitrogen and oxygen atoms in total. The normalized spacial score (nSPS) is 11.9. The van der Waals surface area contributed by atoms with Crippen molar-refractivity contribution in [1.29, 1.82) is 0 Å². The van der Waals surface area contributed by atoms with Crippen molar-refractivity contribution in [1.82, 2.24) is 10.2 Å². The fraction of sp³-hybridized carbons (Fsp3) is 0.625. The van der Waals surface area contributed by atoms with E-state index in [-0.39, 0.29) is 0 Å². The number of benzene rings is 1. The quantitative estimate of drug-likeness (QED) is 0.815. The van der Waals surface area contributed by atoms with Gasteiger partial charge in [-0.3, -0.25) is 0 Å². The Morgan fingerprint density at radius 2 is 1.58 bits per heavy atom. The summed E-state index contributed by atoms with van der Waals surface area (Å²) in [6.07, 6.45) is 0. The molecule has 0 aliphatic rings. The standard InChI is InChI=1S/C16H29N3/c1-16(2,13-18(3)4)12-17-11-14-7-9-15(10-8-14)19(5)6/h7-10,17H,11-13H2,1-6H3. The zero-order chi connectivity index (χ0) is 14.5. The van der Waals surface area contributed by atoms with Gasteiger partial charge in [-0.05, 0) is 37.2 Å².